The van der Waals surface area contributed by atoms with Gasteiger partial charge in [-0.3, -0.25) is 0 Å². The van der Waals surface area contributed by atoms with Gasteiger partial charge >= 0.3 is 0 Å². The molecule has 4 nitrogen and oxygen atoms in total. The number of aliphatic hydroxyl groups is 2. The Balaban J connectivity index is 2.28. The van der Waals surface area contributed by atoms with Crippen molar-refractivity contribution in [2.75, 3.05) is 32.1 Å². The molecular formula is C14H21FN2O2. The van der Waals surface area contributed by atoms with Gasteiger partial charge in [0, 0.05) is 30.4 Å². The van der Waals surface area contributed by atoms with Gasteiger partial charge < -0.3 is 20.0 Å². The lowest BCUT2D eigenvalue weighted by Gasteiger charge is -2.30. The first kappa shape index (κ1) is 14.2. The normalized spacial score (nSPS) is 23.4. The second-order valence-corrected chi connectivity index (χ2v) is 5.39. The fraction of sp³-hybridized carbons (Fsp3) is 0.571. The maximum Gasteiger partial charge on any atom is 0.123 e. The van der Waals surface area contributed by atoms with Gasteiger partial charge in [0.25, 0.3) is 0 Å². The number of β-amino-alcohol motifs (C(OH)–C–C–N with tert-alkyl or cyclic N) is 1. The van der Waals surface area contributed by atoms with E-state index >= 15 is 0 Å². The monoisotopic (exact) mass is 268 g/mol. The number of hydrogen-bond donors (Lipinski definition) is 2. The number of halogens is 1. The van der Waals surface area contributed by atoms with Gasteiger partial charge in [-0.2, -0.15) is 0 Å². The Morgan fingerprint density at radius 3 is 2.79 bits per heavy atom. The number of likely N-dealkylation sites (N-methyl/N-ethyl adjacent to an activating group) is 1. The van der Waals surface area contributed by atoms with Crippen LogP contribution in [0.15, 0.2) is 18.2 Å². The molecule has 2 unspecified atom stereocenters. The van der Waals surface area contributed by atoms with Gasteiger partial charge in [-0.15, -0.1) is 0 Å². The molecule has 106 valence electrons. The Bertz CT molecular complexity index is 439. The lowest BCUT2D eigenvalue weighted by atomic mass is 10.1. The summed E-state index contributed by atoms with van der Waals surface area (Å²) in [6.07, 6.45) is 0.321. The zero-order valence-electron chi connectivity index (χ0n) is 11.4. The number of rotatable bonds is 4. The first-order chi connectivity index (χ1) is 9.01. The van der Waals surface area contributed by atoms with Crippen molar-refractivity contribution in [3.63, 3.8) is 0 Å². The minimum absolute atomic E-state index is 0.181. The highest BCUT2D eigenvalue weighted by Crippen LogP contribution is 2.29. The van der Waals surface area contributed by atoms with Crippen molar-refractivity contribution < 1.29 is 14.6 Å². The van der Waals surface area contributed by atoms with E-state index in [0.29, 0.717) is 18.5 Å². The van der Waals surface area contributed by atoms with Crippen molar-refractivity contribution in [3.05, 3.63) is 29.6 Å². The molecule has 2 N–H and O–H groups in total. The summed E-state index contributed by atoms with van der Waals surface area (Å²) in [5.74, 6) is -0.350. The molecular weight excluding hydrogens is 247 g/mol. The van der Waals surface area contributed by atoms with Crippen molar-refractivity contribution >= 4 is 5.69 Å². The van der Waals surface area contributed by atoms with Gasteiger partial charge in [0.2, 0.25) is 0 Å². The van der Waals surface area contributed by atoms with E-state index in [0.717, 1.165) is 12.2 Å². The van der Waals surface area contributed by atoms with Gasteiger partial charge in [0.1, 0.15) is 5.82 Å². The zero-order chi connectivity index (χ0) is 14.0. The molecule has 1 saturated heterocycles. The fourth-order valence-corrected chi connectivity index (χ4v) is 2.74. The van der Waals surface area contributed by atoms with Crippen LogP contribution in [0, 0.1) is 5.82 Å². The standard InChI is InChI=1S/C14H21FN2O2/c1-16(2)7-12-6-13(19)8-17(12)14-4-3-11(15)5-10(14)9-18/h3-5,12-13,18-19H,6-9H2,1-2H3. The van der Waals surface area contributed by atoms with Crippen LogP contribution in [0.4, 0.5) is 10.1 Å². The summed E-state index contributed by atoms with van der Waals surface area (Å²) < 4.78 is 13.2. The van der Waals surface area contributed by atoms with Crippen molar-refractivity contribution in [1.82, 2.24) is 4.90 Å². The number of aliphatic hydroxyl groups excluding tert-OH is 2. The third-order valence-corrected chi connectivity index (χ3v) is 3.49. The molecule has 1 aliphatic heterocycles. The molecule has 0 spiro atoms. The van der Waals surface area contributed by atoms with Crippen LogP contribution in [0.2, 0.25) is 0 Å². The second-order valence-electron chi connectivity index (χ2n) is 5.39. The molecule has 0 radical (unpaired) electrons. The van der Waals surface area contributed by atoms with Gasteiger partial charge in [0.05, 0.1) is 12.7 Å². The first-order valence-corrected chi connectivity index (χ1v) is 6.50. The Hall–Kier alpha value is -1.17. The summed E-state index contributed by atoms with van der Waals surface area (Å²) in [5, 5.41) is 19.2. The Labute approximate surface area is 113 Å². The highest BCUT2D eigenvalue weighted by atomic mass is 19.1. The Morgan fingerprint density at radius 1 is 1.42 bits per heavy atom. The maximum atomic E-state index is 13.2. The molecule has 0 bridgehead atoms. The minimum Gasteiger partial charge on any atom is -0.392 e. The predicted molar refractivity (Wildman–Crippen MR) is 72.6 cm³/mol. The summed E-state index contributed by atoms with van der Waals surface area (Å²) >= 11 is 0. The smallest absolute Gasteiger partial charge is 0.123 e. The van der Waals surface area contributed by atoms with Crippen LogP contribution in [0.3, 0.4) is 0 Å². The molecule has 1 aliphatic rings. The zero-order valence-corrected chi connectivity index (χ0v) is 11.4. The third kappa shape index (κ3) is 3.23. The van der Waals surface area contributed by atoms with Crippen LogP contribution in [0.25, 0.3) is 0 Å². The topological polar surface area (TPSA) is 46.9 Å². The minimum atomic E-state index is -0.374. The van der Waals surface area contributed by atoms with Crippen LogP contribution in [-0.2, 0) is 6.61 Å². The van der Waals surface area contributed by atoms with Crippen molar-refractivity contribution in [1.29, 1.82) is 0 Å². The molecule has 1 aromatic rings. The van der Waals surface area contributed by atoms with E-state index in [1.54, 1.807) is 6.07 Å². The van der Waals surface area contributed by atoms with Crippen molar-refractivity contribution in [3.8, 4) is 0 Å². The molecule has 2 atom stereocenters. The molecule has 19 heavy (non-hydrogen) atoms. The summed E-state index contributed by atoms with van der Waals surface area (Å²) in [5.41, 5.74) is 1.38. The average molecular weight is 268 g/mol. The van der Waals surface area contributed by atoms with Crippen molar-refractivity contribution in [2.24, 2.45) is 0 Å². The van der Waals surface area contributed by atoms with Crippen LogP contribution < -0.4 is 4.90 Å². The van der Waals surface area contributed by atoms with E-state index in [4.69, 9.17) is 0 Å². The quantitative estimate of drug-likeness (QED) is 0.849. The van der Waals surface area contributed by atoms with E-state index < -0.39 is 0 Å². The lowest BCUT2D eigenvalue weighted by molar-refractivity contribution is 0.191. The molecule has 0 amide bonds. The molecule has 0 aliphatic carbocycles. The second kappa shape index (κ2) is 5.86. The largest absolute Gasteiger partial charge is 0.392 e. The molecule has 0 aromatic heterocycles. The number of hydrogen-bond acceptors (Lipinski definition) is 4. The van der Waals surface area contributed by atoms with E-state index in [1.807, 2.05) is 14.1 Å². The number of nitrogens with zero attached hydrogens (tertiary/aromatic N) is 2. The van der Waals surface area contributed by atoms with E-state index in [2.05, 4.69) is 9.80 Å². The van der Waals surface area contributed by atoms with Gasteiger partial charge in [-0.1, -0.05) is 0 Å². The SMILES string of the molecule is CN(C)CC1CC(O)CN1c1ccc(F)cc1CO. The highest BCUT2D eigenvalue weighted by molar-refractivity contribution is 5.55. The van der Waals surface area contributed by atoms with Crippen molar-refractivity contribution in [2.45, 2.75) is 25.2 Å². The molecule has 1 aromatic carbocycles. The highest BCUT2D eigenvalue weighted by Gasteiger charge is 2.32. The van der Waals surface area contributed by atoms with Crippen LogP contribution in [-0.4, -0.2) is 54.4 Å². The summed E-state index contributed by atoms with van der Waals surface area (Å²) in [7, 11) is 3.97. The number of benzene rings is 1. The molecule has 2 rings (SSSR count). The van der Waals surface area contributed by atoms with E-state index in [-0.39, 0.29) is 24.6 Å². The average Bonchev–Trinajstić information content (AvgIpc) is 2.69. The summed E-state index contributed by atoms with van der Waals surface area (Å²) in [4.78, 5) is 4.13. The van der Waals surface area contributed by atoms with Gasteiger partial charge in [0.15, 0.2) is 0 Å². The molecule has 1 heterocycles. The Morgan fingerprint density at radius 2 is 2.16 bits per heavy atom. The number of anilines is 1. The maximum absolute atomic E-state index is 13.2. The lowest BCUT2D eigenvalue weighted by Crippen LogP contribution is -2.38. The first-order valence-electron chi connectivity index (χ1n) is 6.50. The summed E-state index contributed by atoms with van der Waals surface area (Å²) in [6, 6.07) is 4.61. The third-order valence-electron chi connectivity index (χ3n) is 3.49. The van der Waals surface area contributed by atoms with E-state index in [1.165, 1.54) is 12.1 Å². The summed E-state index contributed by atoms with van der Waals surface area (Å²) in [6.45, 7) is 1.14. The molecule has 5 heteroatoms. The predicted octanol–water partition coefficient (Wildman–Crippen LogP) is 0.819. The van der Waals surface area contributed by atoms with Crippen LogP contribution >= 0.6 is 0 Å². The van der Waals surface area contributed by atoms with Gasteiger partial charge in [-0.05, 0) is 38.7 Å². The van der Waals surface area contributed by atoms with Gasteiger partial charge in [-0.25, -0.2) is 4.39 Å². The van der Waals surface area contributed by atoms with Crippen LogP contribution in [0.5, 0.6) is 0 Å². The van der Waals surface area contributed by atoms with E-state index in [9.17, 15) is 14.6 Å². The molecule has 1 fully saturated rings. The molecule has 0 saturated carbocycles. The van der Waals surface area contributed by atoms with Crippen LogP contribution in [0.1, 0.15) is 12.0 Å². The Kier molecular flexibility index (Phi) is 4.39. The fourth-order valence-electron chi connectivity index (χ4n) is 2.74.